The first-order chi connectivity index (χ1) is 8.48. The van der Waals surface area contributed by atoms with Gasteiger partial charge in [-0.3, -0.25) is 4.57 Å². The Bertz CT molecular complexity index is 516. The van der Waals surface area contributed by atoms with Crippen LogP contribution in [0.3, 0.4) is 0 Å². The van der Waals surface area contributed by atoms with Crippen LogP contribution in [0.2, 0.25) is 0 Å². The second-order valence-corrected chi connectivity index (χ2v) is 6.65. The summed E-state index contributed by atoms with van der Waals surface area (Å²) in [5.74, 6) is 1.27. The Morgan fingerprint density at radius 3 is 2.67 bits per heavy atom. The predicted molar refractivity (Wildman–Crippen MR) is 74.3 cm³/mol. The highest BCUT2D eigenvalue weighted by Crippen LogP contribution is 2.37. The van der Waals surface area contributed by atoms with Gasteiger partial charge in [-0.15, -0.1) is 0 Å². The molecule has 1 N–H and O–H groups in total. The lowest BCUT2D eigenvalue weighted by atomic mass is 9.75. The van der Waals surface area contributed by atoms with E-state index in [4.69, 9.17) is 7.98 Å². The van der Waals surface area contributed by atoms with Crippen LogP contribution < -0.4 is 5.69 Å². The number of aromatic amines is 1. The Morgan fingerprint density at radius 2 is 2.17 bits per heavy atom. The number of halogens is 1. The van der Waals surface area contributed by atoms with Crippen LogP contribution in [-0.4, -0.2) is 41.6 Å². The highest BCUT2D eigenvalue weighted by Gasteiger charge is 2.43. The van der Waals surface area contributed by atoms with E-state index in [-0.39, 0.29) is 5.69 Å². The summed E-state index contributed by atoms with van der Waals surface area (Å²) in [6, 6.07) is 0. The van der Waals surface area contributed by atoms with Crippen molar-refractivity contribution in [3.63, 3.8) is 0 Å². The molecule has 0 amide bonds. The molecule has 1 aromatic rings. The van der Waals surface area contributed by atoms with Crippen molar-refractivity contribution in [3.05, 3.63) is 20.8 Å². The van der Waals surface area contributed by atoms with E-state index >= 15 is 0 Å². The number of hydrogen-bond acceptors (Lipinski definition) is 1. The Labute approximate surface area is 117 Å². The lowest BCUT2D eigenvalue weighted by Gasteiger charge is -2.51. The van der Waals surface area contributed by atoms with Gasteiger partial charge >= 0.3 is 13.7 Å². The standard InChI is InChI=1S/C12H18BBrN3O/c1-8-11(14)16(12(18)15-8)6-10-7-17(13)4-2-9(10)3-5-17/h9-10H,2-7H2,1H3,(H,15,18)/q+1. The number of nitrogens with one attached hydrogen (secondary N) is 1. The molecule has 1 atom stereocenters. The summed E-state index contributed by atoms with van der Waals surface area (Å²) >= 11 is 3.49. The Morgan fingerprint density at radius 1 is 1.50 bits per heavy atom. The second kappa shape index (κ2) is 4.27. The molecule has 3 saturated heterocycles. The molecular formula is C12H18BBrN3O+. The highest BCUT2D eigenvalue weighted by atomic mass is 79.9. The van der Waals surface area contributed by atoms with E-state index in [0.717, 1.165) is 42.4 Å². The van der Waals surface area contributed by atoms with Gasteiger partial charge in [0, 0.05) is 18.2 Å². The smallest absolute Gasteiger partial charge is 0.396 e. The van der Waals surface area contributed by atoms with Crippen LogP contribution >= 0.6 is 15.9 Å². The van der Waals surface area contributed by atoms with E-state index in [1.54, 1.807) is 0 Å². The van der Waals surface area contributed by atoms with E-state index in [1.807, 2.05) is 11.5 Å². The molecule has 2 bridgehead atoms. The zero-order chi connectivity index (χ0) is 12.9. The topological polar surface area (TPSA) is 37.8 Å². The molecule has 0 aliphatic carbocycles. The predicted octanol–water partition coefficient (Wildman–Crippen LogP) is 1.19. The molecule has 0 saturated carbocycles. The Balaban J connectivity index is 1.83. The molecule has 6 heteroatoms. The van der Waals surface area contributed by atoms with E-state index < -0.39 is 0 Å². The number of aromatic nitrogens is 2. The van der Waals surface area contributed by atoms with Gasteiger partial charge in [0.25, 0.3) is 0 Å². The molecule has 0 spiro atoms. The number of aryl methyl sites for hydroxylation is 1. The van der Waals surface area contributed by atoms with Crippen molar-refractivity contribution >= 4 is 23.9 Å². The summed E-state index contributed by atoms with van der Waals surface area (Å²) in [5.41, 5.74) is 0.886. The van der Waals surface area contributed by atoms with E-state index in [9.17, 15) is 4.79 Å². The maximum atomic E-state index is 11.9. The molecule has 96 valence electrons. The first-order valence-electron chi connectivity index (χ1n) is 6.58. The third-order valence-electron chi connectivity index (χ3n) is 4.66. The zero-order valence-electron chi connectivity index (χ0n) is 10.7. The van der Waals surface area contributed by atoms with Gasteiger partial charge in [-0.05, 0) is 41.6 Å². The Kier molecular flexibility index (Phi) is 2.98. The second-order valence-electron chi connectivity index (χ2n) is 5.90. The lowest BCUT2D eigenvalue weighted by Crippen LogP contribution is -2.61. The van der Waals surface area contributed by atoms with Crippen LogP contribution in [-0.2, 0) is 6.54 Å². The van der Waals surface area contributed by atoms with Gasteiger partial charge in [0.05, 0.1) is 19.6 Å². The molecule has 3 aliphatic heterocycles. The SMILES string of the molecule is [B][N+]12CCC(CC1)C(Cn1c(Br)c(C)[nH]c1=O)C2. The monoisotopic (exact) mass is 310 g/mol. The molecule has 3 fully saturated rings. The number of nitrogens with zero attached hydrogens (tertiary/aromatic N) is 2. The number of fused-ring (bicyclic) bond motifs is 3. The number of rotatable bonds is 2. The van der Waals surface area contributed by atoms with Crippen LogP contribution in [0.5, 0.6) is 0 Å². The van der Waals surface area contributed by atoms with E-state index in [2.05, 4.69) is 20.9 Å². The summed E-state index contributed by atoms with van der Waals surface area (Å²) < 4.78 is 3.40. The van der Waals surface area contributed by atoms with Crippen LogP contribution in [0.15, 0.2) is 9.40 Å². The normalized spacial score (nSPS) is 35.0. The fraction of sp³-hybridized carbons (Fsp3) is 0.750. The molecule has 1 unspecified atom stereocenters. The summed E-state index contributed by atoms with van der Waals surface area (Å²) in [4.78, 5) is 14.7. The third kappa shape index (κ3) is 1.99. The van der Waals surface area contributed by atoms with Gasteiger partial charge in [-0.2, -0.15) is 0 Å². The number of piperidine rings is 3. The lowest BCUT2D eigenvalue weighted by molar-refractivity contribution is -0.841. The van der Waals surface area contributed by atoms with Crippen LogP contribution in [0, 0.1) is 18.8 Å². The van der Waals surface area contributed by atoms with Crippen LogP contribution in [0.25, 0.3) is 0 Å². The van der Waals surface area contributed by atoms with E-state index in [0.29, 0.717) is 10.3 Å². The number of H-pyrrole nitrogens is 1. The van der Waals surface area contributed by atoms with Gasteiger partial charge in [0.15, 0.2) is 0 Å². The average Bonchev–Trinajstić information content (AvgIpc) is 2.56. The van der Waals surface area contributed by atoms with Gasteiger partial charge in [0.2, 0.25) is 0 Å². The zero-order valence-corrected chi connectivity index (χ0v) is 12.2. The maximum Gasteiger partial charge on any atom is 0.481 e. The summed E-state index contributed by atoms with van der Waals surface area (Å²) in [6.45, 7) is 5.90. The van der Waals surface area contributed by atoms with Crippen LogP contribution in [0.4, 0.5) is 0 Å². The van der Waals surface area contributed by atoms with Crippen molar-refractivity contribution in [3.8, 4) is 0 Å². The van der Waals surface area contributed by atoms with Crippen molar-refractivity contribution in [1.29, 1.82) is 0 Å². The molecule has 18 heavy (non-hydrogen) atoms. The fourth-order valence-corrected chi connectivity index (χ4v) is 3.95. The molecule has 2 radical (unpaired) electrons. The molecular weight excluding hydrogens is 293 g/mol. The largest absolute Gasteiger partial charge is 0.481 e. The quantitative estimate of drug-likeness (QED) is 0.819. The molecule has 4 heterocycles. The van der Waals surface area contributed by atoms with Crippen LogP contribution in [0.1, 0.15) is 18.5 Å². The summed E-state index contributed by atoms with van der Waals surface area (Å²) in [5, 5.41) is 0. The first kappa shape index (κ1) is 12.5. The molecule has 3 aliphatic rings. The van der Waals surface area contributed by atoms with Crippen molar-refractivity contribution in [2.24, 2.45) is 11.8 Å². The van der Waals surface area contributed by atoms with Gasteiger partial charge < -0.3 is 9.38 Å². The van der Waals surface area contributed by atoms with Crippen molar-refractivity contribution < 1.29 is 4.39 Å². The number of quaternary nitrogens is 1. The highest BCUT2D eigenvalue weighted by molar-refractivity contribution is 9.10. The molecule has 1 aromatic heterocycles. The third-order valence-corrected chi connectivity index (χ3v) is 5.68. The number of hydrogen-bond donors (Lipinski definition) is 1. The van der Waals surface area contributed by atoms with Crippen molar-refractivity contribution in [2.45, 2.75) is 26.3 Å². The maximum absolute atomic E-state index is 11.9. The summed E-state index contributed by atoms with van der Waals surface area (Å²) in [6.07, 6.45) is 2.41. The average molecular weight is 311 g/mol. The van der Waals surface area contributed by atoms with Gasteiger partial charge in [-0.25, -0.2) is 4.79 Å². The van der Waals surface area contributed by atoms with Gasteiger partial charge in [0.1, 0.15) is 4.60 Å². The van der Waals surface area contributed by atoms with Crippen molar-refractivity contribution in [2.75, 3.05) is 19.6 Å². The minimum Gasteiger partial charge on any atom is -0.396 e. The fourth-order valence-electron chi connectivity index (χ4n) is 3.55. The first-order valence-corrected chi connectivity index (χ1v) is 7.37. The molecule has 4 rings (SSSR count). The minimum absolute atomic E-state index is 0.0145. The Hall–Kier alpha value is -0.485. The van der Waals surface area contributed by atoms with E-state index in [1.165, 1.54) is 12.8 Å². The van der Waals surface area contributed by atoms with Gasteiger partial charge in [-0.1, -0.05) is 0 Å². The molecule has 4 nitrogen and oxygen atoms in total. The number of imidazole rings is 1. The summed E-state index contributed by atoms with van der Waals surface area (Å²) in [7, 11) is 6.35. The van der Waals surface area contributed by atoms with Crippen molar-refractivity contribution in [1.82, 2.24) is 9.55 Å². The minimum atomic E-state index is -0.0145. The molecule has 0 aromatic carbocycles.